The van der Waals surface area contributed by atoms with E-state index in [0.717, 1.165) is 5.56 Å². The maximum absolute atomic E-state index is 9.04. The Kier molecular flexibility index (Phi) is 5.58. The molecule has 136 valence electrons. The average molecular weight is 349 g/mol. The lowest BCUT2D eigenvalue weighted by atomic mass is 9.95. The van der Waals surface area contributed by atoms with Crippen molar-refractivity contribution in [3.8, 4) is 0 Å². The second-order valence-corrected chi connectivity index (χ2v) is 6.53. The summed E-state index contributed by atoms with van der Waals surface area (Å²) in [6.45, 7) is 4.32. The summed E-state index contributed by atoms with van der Waals surface area (Å²) >= 11 is 0. The van der Waals surface area contributed by atoms with Crippen LogP contribution in [0.1, 0.15) is 19.4 Å². The summed E-state index contributed by atoms with van der Waals surface area (Å²) < 4.78 is 29.0. The number of hydrogen-bond donors (Lipinski definition) is 0. The highest BCUT2D eigenvalue weighted by Crippen LogP contribution is 2.35. The van der Waals surface area contributed by atoms with Gasteiger partial charge in [-0.25, -0.2) is 0 Å². The Morgan fingerprint density at radius 3 is 2.76 bits per heavy atom. The Morgan fingerprint density at radius 2 is 2.08 bits per heavy atom. The first-order chi connectivity index (χ1) is 12.0. The Hall–Kier alpha value is -1.67. The van der Waals surface area contributed by atoms with Crippen molar-refractivity contribution < 1.29 is 23.7 Å². The molecule has 25 heavy (non-hydrogen) atoms. The molecule has 8 heteroatoms. The quantitative estimate of drug-likeness (QED) is 0.463. The van der Waals surface area contributed by atoms with E-state index in [0.29, 0.717) is 13.2 Å². The Balaban J connectivity index is 1.81. The largest absolute Gasteiger partial charge is 0.368 e. The third kappa shape index (κ3) is 4.12. The van der Waals surface area contributed by atoms with Crippen LogP contribution in [0.3, 0.4) is 0 Å². The first-order valence-corrected chi connectivity index (χ1v) is 8.24. The molecule has 0 N–H and O–H groups in total. The standard InChI is InChI=1S/C17H23N3O5/c1-17(2)23-10-12-14(25-17)13(19-20-18)15(16(21-3)24-12)22-9-11-7-5-4-6-8-11/h4-8,12-16H,9-10H2,1-3H3/t12-,13+,14-,15-,16+/m1/s1. The van der Waals surface area contributed by atoms with Gasteiger partial charge in [0.25, 0.3) is 0 Å². The molecule has 2 aliphatic rings. The number of benzene rings is 1. The third-order valence-electron chi connectivity index (χ3n) is 4.33. The summed E-state index contributed by atoms with van der Waals surface area (Å²) in [5, 5.41) is 3.94. The first-order valence-electron chi connectivity index (χ1n) is 8.24. The van der Waals surface area contributed by atoms with Crippen molar-refractivity contribution in [1.29, 1.82) is 0 Å². The molecule has 8 nitrogen and oxygen atoms in total. The molecule has 5 atom stereocenters. The predicted octanol–water partition coefficient (Wildman–Crippen LogP) is 2.77. The number of nitrogens with zero attached hydrogens (tertiary/aromatic N) is 3. The summed E-state index contributed by atoms with van der Waals surface area (Å²) in [6.07, 6.45) is -2.11. The minimum atomic E-state index is -0.780. The fourth-order valence-corrected chi connectivity index (χ4v) is 3.14. The number of hydrogen-bond acceptors (Lipinski definition) is 6. The van der Waals surface area contributed by atoms with E-state index in [4.69, 9.17) is 29.2 Å². The van der Waals surface area contributed by atoms with Gasteiger partial charge in [0.15, 0.2) is 12.1 Å². The van der Waals surface area contributed by atoms with Crippen molar-refractivity contribution in [2.24, 2.45) is 5.11 Å². The van der Waals surface area contributed by atoms with E-state index < -0.39 is 30.3 Å². The molecule has 0 aliphatic carbocycles. The van der Waals surface area contributed by atoms with Gasteiger partial charge in [-0.3, -0.25) is 0 Å². The molecule has 1 aromatic carbocycles. The van der Waals surface area contributed by atoms with E-state index in [2.05, 4.69) is 10.0 Å². The summed E-state index contributed by atoms with van der Waals surface area (Å²) in [7, 11) is 1.53. The van der Waals surface area contributed by atoms with Crippen LogP contribution in [0, 0.1) is 0 Å². The van der Waals surface area contributed by atoms with E-state index in [1.165, 1.54) is 7.11 Å². The highest BCUT2D eigenvalue weighted by atomic mass is 16.8. The number of ether oxygens (including phenoxy) is 5. The molecular formula is C17H23N3O5. The number of azide groups is 1. The van der Waals surface area contributed by atoms with Gasteiger partial charge < -0.3 is 23.7 Å². The van der Waals surface area contributed by atoms with Crippen LogP contribution < -0.4 is 0 Å². The maximum atomic E-state index is 9.04. The second kappa shape index (κ2) is 7.70. The van der Waals surface area contributed by atoms with Crippen LogP contribution in [0.5, 0.6) is 0 Å². The highest BCUT2D eigenvalue weighted by molar-refractivity contribution is 5.13. The van der Waals surface area contributed by atoms with Gasteiger partial charge in [-0.15, -0.1) is 0 Å². The van der Waals surface area contributed by atoms with Crippen LogP contribution in [0.25, 0.3) is 10.4 Å². The predicted molar refractivity (Wildman–Crippen MR) is 88.5 cm³/mol. The van der Waals surface area contributed by atoms with Crippen molar-refractivity contribution in [1.82, 2.24) is 0 Å². The summed E-state index contributed by atoms with van der Waals surface area (Å²) in [5.41, 5.74) is 10.0. The molecule has 0 unspecified atom stereocenters. The highest BCUT2D eigenvalue weighted by Gasteiger charge is 2.51. The molecule has 2 aliphatic heterocycles. The maximum Gasteiger partial charge on any atom is 0.184 e. The topological polar surface area (TPSA) is 94.9 Å². The van der Waals surface area contributed by atoms with Gasteiger partial charge in [-0.05, 0) is 24.9 Å². The number of fused-ring (bicyclic) bond motifs is 1. The van der Waals surface area contributed by atoms with Crippen molar-refractivity contribution >= 4 is 0 Å². The van der Waals surface area contributed by atoms with Gasteiger partial charge >= 0.3 is 0 Å². The van der Waals surface area contributed by atoms with E-state index >= 15 is 0 Å². The van der Waals surface area contributed by atoms with Gasteiger partial charge in [-0.2, -0.15) is 0 Å². The lowest BCUT2D eigenvalue weighted by molar-refractivity contribution is -0.366. The third-order valence-corrected chi connectivity index (χ3v) is 4.33. The molecule has 0 bridgehead atoms. The van der Waals surface area contributed by atoms with Gasteiger partial charge in [0.2, 0.25) is 0 Å². The zero-order chi connectivity index (χ0) is 17.9. The molecule has 3 rings (SSSR count). The summed E-state index contributed by atoms with van der Waals surface area (Å²) in [6, 6.07) is 9.16. The number of methoxy groups -OCH3 is 1. The summed E-state index contributed by atoms with van der Waals surface area (Å²) in [4.78, 5) is 2.99. The lowest BCUT2D eigenvalue weighted by Gasteiger charge is -2.49. The first kappa shape index (κ1) is 18.1. The lowest BCUT2D eigenvalue weighted by Crippen LogP contribution is -2.64. The minimum Gasteiger partial charge on any atom is -0.368 e. The molecule has 0 amide bonds. The SMILES string of the molecule is CO[C@H]1O[C@@H]2COC(C)(C)O[C@H]2[C@H](N=[N+]=[N-])[C@H]1OCc1ccccc1. The number of rotatable bonds is 5. The zero-order valence-electron chi connectivity index (χ0n) is 14.6. The molecular weight excluding hydrogens is 326 g/mol. The van der Waals surface area contributed by atoms with Gasteiger partial charge in [0.05, 0.1) is 19.3 Å². The molecule has 1 aromatic rings. The molecule has 2 heterocycles. The average Bonchev–Trinajstić information content (AvgIpc) is 2.61. The molecule has 0 saturated carbocycles. The zero-order valence-corrected chi connectivity index (χ0v) is 14.6. The van der Waals surface area contributed by atoms with Crippen LogP contribution in [0.15, 0.2) is 35.4 Å². The van der Waals surface area contributed by atoms with E-state index in [1.807, 2.05) is 44.2 Å². The van der Waals surface area contributed by atoms with E-state index in [-0.39, 0.29) is 6.10 Å². The fraction of sp³-hybridized carbons (Fsp3) is 0.647. The minimum absolute atomic E-state index is 0.334. The Labute approximate surface area is 146 Å². The Bertz CT molecular complexity index is 620. The smallest absolute Gasteiger partial charge is 0.184 e. The van der Waals surface area contributed by atoms with Crippen molar-refractivity contribution in [3.63, 3.8) is 0 Å². The van der Waals surface area contributed by atoms with Crippen LogP contribution in [-0.4, -0.2) is 50.1 Å². The second-order valence-electron chi connectivity index (χ2n) is 6.53. The van der Waals surface area contributed by atoms with Gasteiger partial charge in [0, 0.05) is 12.0 Å². The Morgan fingerprint density at radius 1 is 1.32 bits per heavy atom. The fourth-order valence-electron chi connectivity index (χ4n) is 3.14. The molecule has 0 aromatic heterocycles. The summed E-state index contributed by atoms with van der Waals surface area (Å²) in [5.74, 6) is -0.780. The van der Waals surface area contributed by atoms with Crippen molar-refractivity contribution in [2.75, 3.05) is 13.7 Å². The molecule has 0 spiro atoms. The normalized spacial score (nSPS) is 34.0. The van der Waals surface area contributed by atoms with E-state index in [9.17, 15) is 0 Å². The van der Waals surface area contributed by atoms with Crippen LogP contribution in [0.4, 0.5) is 0 Å². The van der Waals surface area contributed by atoms with E-state index in [1.54, 1.807) is 0 Å². The van der Waals surface area contributed by atoms with Crippen LogP contribution in [-0.2, 0) is 30.3 Å². The molecule has 0 radical (unpaired) electrons. The monoisotopic (exact) mass is 349 g/mol. The van der Waals surface area contributed by atoms with Crippen molar-refractivity contribution in [3.05, 3.63) is 46.3 Å². The van der Waals surface area contributed by atoms with Gasteiger partial charge in [0.1, 0.15) is 18.3 Å². The molecule has 2 fully saturated rings. The van der Waals surface area contributed by atoms with Crippen molar-refractivity contribution in [2.45, 2.75) is 56.9 Å². The molecule has 2 saturated heterocycles. The van der Waals surface area contributed by atoms with Crippen LogP contribution >= 0.6 is 0 Å². The van der Waals surface area contributed by atoms with Crippen LogP contribution in [0.2, 0.25) is 0 Å². The van der Waals surface area contributed by atoms with Gasteiger partial charge in [-0.1, -0.05) is 35.4 Å².